The third kappa shape index (κ3) is 2.17. The summed E-state index contributed by atoms with van der Waals surface area (Å²) in [5, 5.41) is 12.5. The first-order chi connectivity index (χ1) is 7.70. The van der Waals surface area contributed by atoms with Gasteiger partial charge in [0.1, 0.15) is 10.4 Å². The highest BCUT2D eigenvalue weighted by Crippen LogP contribution is 2.14. The number of H-pyrrole nitrogens is 1. The van der Waals surface area contributed by atoms with Gasteiger partial charge in [-0.05, 0) is 36.8 Å². The normalized spacial score (nSPS) is 10.6. The Morgan fingerprint density at radius 1 is 1.31 bits per heavy atom. The van der Waals surface area contributed by atoms with Crippen LogP contribution in [-0.2, 0) is 6.42 Å². The molecule has 0 aliphatic carbocycles. The van der Waals surface area contributed by atoms with Crippen LogP contribution in [0.5, 0.6) is 5.75 Å². The summed E-state index contributed by atoms with van der Waals surface area (Å²) in [6.45, 7) is 2.13. The minimum absolute atomic E-state index is 0.260. The van der Waals surface area contributed by atoms with E-state index in [9.17, 15) is 5.11 Å². The molecule has 1 aromatic carbocycles. The lowest BCUT2D eigenvalue weighted by atomic mass is 10.3. The first kappa shape index (κ1) is 11.0. The van der Waals surface area contributed by atoms with E-state index in [2.05, 4.69) is 12.0 Å². The number of aromatic amines is 1. The minimum atomic E-state index is 0.260. The second kappa shape index (κ2) is 4.53. The van der Waals surface area contributed by atoms with Crippen molar-refractivity contribution >= 4 is 12.2 Å². The number of hydrogen-bond donors (Lipinski definition) is 2. The number of nitrogens with zero attached hydrogens (tertiary/aromatic N) is 1. The Morgan fingerprint density at radius 2 is 2.00 bits per heavy atom. The molecule has 2 N–H and O–H groups in total. The molecule has 2 aromatic rings. The van der Waals surface area contributed by atoms with Crippen LogP contribution in [0.25, 0.3) is 5.69 Å². The number of aryl methyl sites for hydroxylation is 1. The number of phenols is 1. The van der Waals surface area contributed by atoms with E-state index in [0.29, 0.717) is 0 Å². The lowest BCUT2D eigenvalue weighted by Crippen LogP contribution is -1.96. The van der Waals surface area contributed by atoms with Gasteiger partial charge in [-0.3, -0.25) is 5.10 Å². The van der Waals surface area contributed by atoms with E-state index in [-0.39, 0.29) is 5.75 Å². The highest BCUT2D eigenvalue weighted by atomic mass is 32.1. The number of aromatic nitrogens is 2. The van der Waals surface area contributed by atoms with Crippen molar-refractivity contribution in [2.45, 2.75) is 19.8 Å². The van der Waals surface area contributed by atoms with Crippen molar-refractivity contribution < 1.29 is 5.11 Å². The number of nitrogens with one attached hydrogen (secondary N) is 1. The number of phenolic OH excluding ortho intramolecular Hbond substituents is 1. The van der Waals surface area contributed by atoms with E-state index >= 15 is 0 Å². The Kier molecular flexibility index (Phi) is 3.10. The summed E-state index contributed by atoms with van der Waals surface area (Å²) in [6.07, 6.45) is 2.08. The van der Waals surface area contributed by atoms with Gasteiger partial charge in [0.25, 0.3) is 0 Å². The molecule has 1 aromatic heterocycles. The van der Waals surface area contributed by atoms with Gasteiger partial charge in [0.05, 0.1) is 5.69 Å². The van der Waals surface area contributed by atoms with Crippen molar-refractivity contribution in [2.75, 3.05) is 0 Å². The van der Waals surface area contributed by atoms with Crippen molar-refractivity contribution in [1.29, 1.82) is 0 Å². The maximum absolute atomic E-state index is 9.22. The molecule has 0 bridgehead atoms. The maximum atomic E-state index is 9.22. The van der Waals surface area contributed by atoms with Gasteiger partial charge < -0.3 is 5.11 Å². The third-order valence-corrected chi connectivity index (χ3v) is 2.70. The van der Waals surface area contributed by atoms with Crippen LogP contribution < -0.4 is 0 Å². The largest absolute Gasteiger partial charge is 0.508 e. The molecule has 3 nitrogen and oxygen atoms in total. The third-order valence-electron chi connectivity index (χ3n) is 2.40. The van der Waals surface area contributed by atoms with Crippen LogP contribution in [0.15, 0.2) is 30.3 Å². The lowest BCUT2D eigenvalue weighted by molar-refractivity contribution is 0.475. The summed E-state index contributed by atoms with van der Waals surface area (Å²) in [5.41, 5.74) is 2.07. The fourth-order valence-electron chi connectivity index (χ4n) is 1.64. The smallest absolute Gasteiger partial charge is 0.127 e. The Morgan fingerprint density at radius 3 is 2.62 bits per heavy atom. The van der Waals surface area contributed by atoms with Gasteiger partial charge in [-0.15, -0.1) is 0 Å². The van der Waals surface area contributed by atoms with E-state index in [0.717, 1.165) is 28.9 Å². The van der Waals surface area contributed by atoms with Gasteiger partial charge >= 0.3 is 0 Å². The van der Waals surface area contributed by atoms with E-state index in [4.69, 9.17) is 12.2 Å². The zero-order valence-electron chi connectivity index (χ0n) is 9.10. The lowest BCUT2D eigenvalue weighted by Gasteiger charge is -2.02. The molecule has 0 fully saturated rings. The summed E-state index contributed by atoms with van der Waals surface area (Å²) in [7, 11) is 0. The quantitative estimate of drug-likeness (QED) is 0.801. The SMILES string of the molecule is CCCc1cc(=S)n(-c2ccc(O)cc2)[nH]1. The topological polar surface area (TPSA) is 41.0 Å². The van der Waals surface area contributed by atoms with Crippen molar-refractivity contribution in [3.63, 3.8) is 0 Å². The van der Waals surface area contributed by atoms with Crippen LogP contribution in [0, 0.1) is 4.64 Å². The van der Waals surface area contributed by atoms with Crippen LogP contribution in [0.4, 0.5) is 0 Å². The molecule has 2 rings (SSSR count). The molecule has 0 spiro atoms. The molecule has 0 saturated carbocycles. The summed E-state index contributed by atoms with van der Waals surface area (Å²) in [5.74, 6) is 0.260. The van der Waals surface area contributed by atoms with E-state index in [1.165, 1.54) is 0 Å². The highest BCUT2D eigenvalue weighted by Gasteiger charge is 2.01. The van der Waals surface area contributed by atoms with Crippen LogP contribution in [0.2, 0.25) is 0 Å². The zero-order chi connectivity index (χ0) is 11.5. The molecule has 0 amide bonds. The highest BCUT2D eigenvalue weighted by molar-refractivity contribution is 7.71. The molecular weight excluding hydrogens is 220 g/mol. The van der Waals surface area contributed by atoms with E-state index in [1.807, 2.05) is 22.9 Å². The molecular formula is C12H14N2OS. The fourth-order valence-corrected chi connectivity index (χ4v) is 1.93. The molecule has 16 heavy (non-hydrogen) atoms. The molecule has 4 heteroatoms. The van der Waals surface area contributed by atoms with Crippen molar-refractivity contribution in [2.24, 2.45) is 0 Å². The second-order valence-electron chi connectivity index (χ2n) is 3.72. The Balaban J connectivity index is 2.40. The molecule has 84 valence electrons. The van der Waals surface area contributed by atoms with Crippen LogP contribution in [0.3, 0.4) is 0 Å². The summed E-state index contributed by atoms with van der Waals surface area (Å²) >= 11 is 5.27. The van der Waals surface area contributed by atoms with Gasteiger partial charge in [-0.1, -0.05) is 25.6 Å². The van der Waals surface area contributed by atoms with E-state index in [1.54, 1.807) is 12.1 Å². The molecule has 1 heterocycles. The predicted molar refractivity (Wildman–Crippen MR) is 66.6 cm³/mol. The summed E-state index contributed by atoms with van der Waals surface area (Å²) < 4.78 is 2.61. The van der Waals surface area contributed by atoms with Crippen LogP contribution >= 0.6 is 12.2 Å². The summed E-state index contributed by atoms with van der Waals surface area (Å²) in [4.78, 5) is 0. The predicted octanol–water partition coefficient (Wildman–Crippen LogP) is 3.19. The standard InChI is InChI=1S/C12H14N2OS/c1-2-3-9-8-12(16)14(13-9)10-4-6-11(15)7-5-10/h4-8,13,15H,2-3H2,1H3. The maximum Gasteiger partial charge on any atom is 0.127 e. The van der Waals surface area contributed by atoms with Gasteiger partial charge in [-0.25, -0.2) is 4.68 Å². The summed E-state index contributed by atoms with van der Waals surface area (Å²) in [6, 6.07) is 8.94. The average Bonchev–Trinajstić information content (AvgIpc) is 2.61. The molecule has 0 unspecified atom stereocenters. The first-order valence-corrected chi connectivity index (χ1v) is 5.72. The second-order valence-corrected chi connectivity index (χ2v) is 4.14. The molecule has 0 atom stereocenters. The Bertz CT molecular complexity index is 525. The van der Waals surface area contributed by atoms with Gasteiger partial charge in [0.2, 0.25) is 0 Å². The molecule has 0 aliphatic rings. The van der Waals surface area contributed by atoms with E-state index < -0.39 is 0 Å². The van der Waals surface area contributed by atoms with Crippen molar-refractivity contribution in [3.8, 4) is 11.4 Å². The monoisotopic (exact) mass is 234 g/mol. The zero-order valence-corrected chi connectivity index (χ0v) is 9.92. The van der Waals surface area contributed by atoms with Crippen molar-refractivity contribution in [1.82, 2.24) is 9.78 Å². The number of aromatic hydroxyl groups is 1. The average molecular weight is 234 g/mol. The minimum Gasteiger partial charge on any atom is -0.508 e. The Hall–Kier alpha value is -1.55. The fraction of sp³-hybridized carbons (Fsp3) is 0.250. The van der Waals surface area contributed by atoms with Crippen LogP contribution in [-0.4, -0.2) is 14.9 Å². The number of hydrogen-bond acceptors (Lipinski definition) is 2. The molecule has 0 saturated heterocycles. The van der Waals surface area contributed by atoms with Gasteiger partial charge in [-0.2, -0.15) is 0 Å². The molecule has 0 radical (unpaired) electrons. The number of rotatable bonds is 3. The number of benzene rings is 1. The van der Waals surface area contributed by atoms with Gasteiger partial charge in [0.15, 0.2) is 0 Å². The van der Waals surface area contributed by atoms with Crippen molar-refractivity contribution in [3.05, 3.63) is 40.7 Å². The Labute approximate surface area is 99.3 Å². The first-order valence-electron chi connectivity index (χ1n) is 5.31. The van der Waals surface area contributed by atoms with Crippen LogP contribution in [0.1, 0.15) is 19.0 Å². The van der Waals surface area contributed by atoms with Gasteiger partial charge in [0, 0.05) is 5.69 Å². The molecule has 0 aliphatic heterocycles.